The van der Waals surface area contributed by atoms with E-state index in [1.165, 1.54) is 38.5 Å². The van der Waals surface area contributed by atoms with Crippen molar-refractivity contribution in [1.29, 1.82) is 0 Å². The molecule has 0 saturated carbocycles. The van der Waals surface area contributed by atoms with Gasteiger partial charge in [0.05, 0.1) is 13.2 Å². The quantitative estimate of drug-likeness (QED) is 0.236. The van der Waals surface area contributed by atoms with E-state index in [-0.39, 0.29) is 11.5 Å². The van der Waals surface area contributed by atoms with Crippen LogP contribution in [0.5, 0.6) is 23.0 Å². The van der Waals surface area contributed by atoms with Crippen LogP contribution < -0.4 is 9.47 Å². The summed E-state index contributed by atoms with van der Waals surface area (Å²) in [6.07, 6.45) is 12.9. The first-order valence-electron chi connectivity index (χ1n) is 11.5. The largest absolute Gasteiger partial charge is 0.504 e. The molecule has 0 aliphatic carbocycles. The van der Waals surface area contributed by atoms with Crippen molar-refractivity contribution in [2.75, 3.05) is 13.2 Å². The topological polar surface area (TPSA) is 58.9 Å². The molecule has 28 heavy (non-hydrogen) atoms. The number of ether oxygens (including phenoxy) is 2. The molecular formula is C24H42O4. The molecule has 0 fully saturated rings. The van der Waals surface area contributed by atoms with Gasteiger partial charge in [0.25, 0.3) is 0 Å². The van der Waals surface area contributed by atoms with Crippen molar-refractivity contribution in [3.63, 3.8) is 0 Å². The number of phenols is 2. The van der Waals surface area contributed by atoms with E-state index in [0.29, 0.717) is 31.1 Å². The second-order valence-corrected chi connectivity index (χ2v) is 7.55. The molecule has 162 valence electrons. The van der Waals surface area contributed by atoms with Crippen LogP contribution in [0.2, 0.25) is 0 Å². The highest BCUT2D eigenvalue weighted by atomic mass is 16.5. The third-order valence-corrected chi connectivity index (χ3v) is 5.27. The molecule has 0 aliphatic rings. The zero-order chi connectivity index (χ0) is 20.8. The van der Waals surface area contributed by atoms with E-state index in [2.05, 4.69) is 13.8 Å². The van der Waals surface area contributed by atoms with Crippen molar-refractivity contribution in [3.05, 3.63) is 11.1 Å². The summed E-state index contributed by atoms with van der Waals surface area (Å²) >= 11 is 0. The normalized spacial score (nSPS) is 11.0. The number of benzene rings is 1. The van der Waals surface area contributed by atoms with Crippen LogP contribution in [0.4, 0.5) is 0 Å². The summed E-state index contributed by atoms with van der Waals surface area (Å²) in [6.45, 7) is 9.57. The van der Waals surface area contributed by atoms with Crippen LogP contribution in [0, 0.1) is 0 Å². The Bertz CT molecular complexity index is 554. The summed E-state index contributed by atoms with van der Waals surface area (Å²) in [5.74, 6) is 0.702. The van der Waals surface area contributed by atoms with E-state index >= 15 is 0 Å². The molecule has 0 heterocycles. The number of rotatable bonds is 16. The zero-order valence-corrected chi connectivity index (χ0v) is 18.6. The number of phenolic OH excluding ortho intramolecular Hbond substituents is 2. The van der Waals surface area contributed by atoms with Crippen molar-refractivity contribution in [3.8, 4) is 23.0 Å². The zero-order valence-electron chi connectivity index (χ0n) is 18.6. The van der Waals surface area contributed by atoms with Gasteiger partial charge in [-0.15, -0.1) is 0 Å². The fourth-order valence-corrected chi connectivity index (χ4v) is 3.58. The molecule has 1 aromatic carbocycles. The van der Waals surface area contributed by atoms with Crippen LogP contribution >= 0.6 is 0 Å². The lowest BCUT2D eigenvalue weighted by Gasteiger charge is -2.21. The summed E-state index contributed by atoms with van der Waals surface area (Å²) in [4.78, 5) is 0. The number of aromatic hydroxyl groups is 2. The fraction of sp³-hybridized carbons (Fsp3) is 0.750. The van der Waals surface area contributed by atoms with Crippen molar-refractivity contribution >= 4 is 0 Å². The Hall–Kier alpha value is -1.58. The predicted octanol–water partition coefficient (Wildman–Crippen LogP) is 6.92. The maximum absolute atomic E-state index is 10.6. The number of hydrogen-bond donors (Lipinski definition) is 2. The Kier molecular flexibility index (Phi) is 12.6. The van der Waals surface area contributed by atoms with E-state index in [9.17, 15) is 10.2 Å². The molecule has 0 aromatic heterocycles. The van der Waals surface area contributed by atoms with Crippen molar-refractivity contribution in [2.24, 2.45) is 0 Å². The van der Waals surface area contributed by atoms with Crippen LogP contribution in [-0.4, -0.2) is 23.4 Å². The molecule has 1 rings (SSSR count). The Morgan fingerprint density at radius 3 is 1.46 bits per heavy atom. The minimum absolute atomic E-state index is 0.0596. The molecule has 1 aromatic rings. The van der Waals surface area contributed by atoms with Gasteiger partial charge < -0.3 is 19.7 Å². The summed E-state index contributed by atoms with van der Waals surface area (Å²) < 4.78 is 12.0. The van der Waals surface area contributed by atoms with Crippen LogP contribution in [0.1, 0.15) is 103 Å². The molecule has 2 N–H and O–H groups in total. The Morgan fingerprint density at radius 2 is 1.00 bits per heavy atom. The van der Waals surface area contributed by atoms with E-state index in [4.69, 9.17) is 9.47 Å². The highest BCUT2D eigenvalue weighted by Crippen LogP contribution is 2.49. The van der Waals surface area contributed by atoms with Gasteiger partial charge in [0, 0.05) is 11.1 Å². The van der Waals surface area contributed by atoms with Gasteiger partial charge in [-0.05, 0) is 25.7 Å². The lowest BCUT2D eigenvalue weighted by molar-refractivity contribution is 0.243. The average Bonchev–Trinajstić information content (AvgIpc) is 2.70. The number of unbranched alkanes of at least 4 members (excludes halogenated alkanes) is 8. The van der Waals surface area contributed by atoms with E-state index in [0.717, 1.165) is 43.2 Å². The average molecular weight is 395 g/mol. The van der Waals surface area contributed by atoms with Gasteiger partial charge in [-0.1, -0.05) is 79.1 Å². The van der Waals surface area contributed by atoms with E-state index < -0.39 is 0 Å². The molecule has 0 amide bonds. The Morgan fingerprint density at radius 1 is 0.536 bits per heavy atom. The monoisotopic (exact) mass is 394 g/mol. The molecular weight excluding hydrogens is 352 g/mol. The van der Waals surface area contributed by atoms with Gasteiger partial charge in [-0.3, -0.25) is 0 Å². The van der Waals surface area contributed by atoms with Crippen LogP contribution in [0.15, 0.2) is 0 Å². The van der Waals surface area contributed by atoms with Gasteiger partial charge in [-0.25, -0.2) is 0 Å². The molecule has 4 heteroatoms. The third-order valence-electron chi connectivity index (χ3n) is 5.27. The lowest BCUT2D eigenvalue weighted by Crippen LogP contribution is -2.07. The van der Waals surface area contributed by atoms with Crippen LogP contribution in [0.25, 0.3) is 0 Å². The first-order valence-corrected chi connectivity index (χ1v) is 11.5. The predicted molar refractivity (Wildman–Crippen MR) is 117 cm³/mol. The summed E-state index contributed by atoms with van der Waals surface area (Å²) in [5.41, 5.74) is 1.71. The maximum Gasteiger partial charge on any atom is 0.207 e. The van der Waals surface area contributed by atoms with Crippen molar-refractivity contribution in [1.82, 2.24) is 0 Å². The van der Waals surface area contributed by atoms with E-state index in [1.54, 1.807) is 0 Å². The summed E-state index contributed by atoms with van der Waals surface area (Å²) in [5, 5.41) is 21.0. The maximum atomic E-state index is 10.6. The van der Waals surface area contributed by atoms with Crippen molar-refractivity contribution < 1.29 is 19.7 Å². The van der Waals surface area contributed by atoms with Gasteiger partial charge >= 0.3 is 0 Å². The van der Waals surface area contributed by atoms with Gasteiger partial charge in [-0.2, -0.15) is 0 Å². The first kappa shape index (κ1) is 24.5. The van der Waals surface area contributed by atoms with E-state index in [1.807, 2.05) is 13.8 Å². The van der Waals surface area contributed by atoms with Crippen LogP contribution in [0.3, 0.4) is 0 Å². The Balaban J connectivity index is 2.88. The minimum Gasteiger partial charge on any atom is -0.504 e. The van der Waals surface area contributed by atoms with Crippen LogP contribution in [-0.2, 0) is 12.8 Å². The molecule has 0 saturated heterocycles. The van der Waals surface area contributed by atoms with Gasteiger partial charge in [0.15, 0.2) is 11.5 Å². The molecule has 0 unspecified atom stereocenters. The van der Waals surface area contributed by atoms with Crippen molar-refractivity contribution in [2.45, 2.75) is 105 Å². The molecule has 0 aliphatic heterocycles. The summed E-state index contributed by atoms with van der Waals surface area (Å²) in [7, 11) is 0. The number of hydrogen-bond acceptors (Lipinski definition) is 4. The molecule has 0 spiro atoms. The molecule has 0 radical (unpaired) electrons. The van der Waals surface area contributed by atoms with Gasteiger partial charge in [0.2, 0.25) is 11.5 Å². The highest BCUT2D eigenvalue weighted by molar-refractivity contribution is 5.66. The first-order chi connectivity index (χ1) is 13.6. The minimum atomic E-state index is -0.177. The fourth-order valence-electron chi connectivity index (χ4n) is 3.58. The molecule has 0 atom stereocenters. The summed E-state index contributed by atoms with van der Waals surface area (Å²) in [6, 6.07) is 0. The Labute approximate surface area is 172 Å². The second-order valence-electron chi connectivity index (χ2n) is 7.55. The highest BCUT2D eigenvalue weighted by Gasteiger charge is 2.24. The third kappa shape index (κ3) is 7.44. The van der Waals surface area contributed by atoms with Gasteiger partial charge in [0.1, 0.15) is 0 Å². The smallest absolute Gasteiger partial charge is 0.207 e. The standard InChI is InChI=1S/C24H42O4/c1-5-9-11-13-15-17-27-23-20(8-4)19(7-3)21(25)22(26)24(23)28-18-16-14-12-10-6-2/h25-26H,5-18H2,1-4H3. The molecule has 4 nitrogen and oxygen atoms in total. The lowest BCUT2D eigenvalue weighted by atomic mass is 9.99. The second kappa shape index (κ2) is 14.4. The molecule has 0 bridgehead atoms. The SMILES string of the molecule is CCCCCCCOc1c(O)c(O)c(CC)c(CC)c1OCCCCCCC.